The lowest BCUT2D eigenvalue weighted by atomic mass is 10.1. The molecule has 1 aromatic heterocycles. The first-order chi connectivity index (χ1) is 13.7. The van der Waals surface area contributed by atoms with Gasteiger partial charge in [-0.3, -0.25) is 9.78 Å². The summed E-state index contributed by atoms with van der Waals surface area (Å²) < 4.78 is 4.98. The van der Waals surface area contributed by atoms with Crippen molar-refractivity contribution in [2.75, 3.05) is 11.9 Å². The standard InChI is InChI=1S/C22H27N3O3/c1-2-28-22(27)16-9-11-19(12-10-16)24-20-13-17(14-23-15-20)21(26)25-18-7-5-3-4-6-8-18/h9-15,18,24H,2-8H2,1H3,(H,25,26). The predicted molar refractivity (Wildman–Crippen MR) is 109 cm³/mol. The minimum absolute atomic E-state index is 0.0827. The van der Waals surface area contributed by atoms with E-state index < -0.39 is 0 Å². The van der Waals surface area contributed by atoms with Gasteiger partial charge in [-0.05, 0) is 50.1 Å². The number of esters is 1. The number of hydrogen-bond acceptors (Lipinski definition) is 5. The van der Waals surface area contributed by atoms with Gasteiger partial charge < -0.3 is 15.4 Å². The highest BCUT2D eigenvalue weighted by molar-refractivity contribution is 5.95. The number of rotatable bonds is 6. The van der Waals surface area contributed by atoms with Crippen LogP contribution >= 0.6 is 0 Å². The second kappa shape index (κ2) is 9.88. The first-order valence-electron chi connectivity index (χ1n) is 9.96. The van der Waals surface area contributed by atoms with Gasteiger partial charge in [-0.1, -0.05) is 25.7 Å². The fraction of sp³-hybridized carbons (Fsp3) is 0.409. The monoisotopic (exact) mass is 381 g/mol. The Bertz CT molecular complexity index is 797. The number of nitrogens with one attached hydrogen (secondary N) is 2. The molecule has 1 heterocycles. The molecule has 2 N–H and O–H groups in total. The van der Waals surface area contributed by atoms with Crippen LogP contribution in [-0.2, 0) is 4.74 Å². The molecular weight excluding hydrogens is 354 g/mol. The summed E-state index contributed by atoms with van der Waals surface area (Å²) in [6.45, 7) is 2.13. The largest absolute Gasteiger partial charge is 0.462 e. The van der Waals surface area contributed by atoms with Crippen molar-refractivity contribution in [3.63, 3.8) is 0 Å². The van der Waals surface area contributed by atoms with Crippen molar-refractivity contribution in [3.8, 4) is 0 Å². The van der Waals surface area contributed by atoms with Gasteiger partial charge in [-0.15, -0.1) is 0 Å². The highest BCUT2D eigenvalue weighted by atomic mass is 16.5. The van der Waals surface area contributed by atoms with Gasteiger partial charge in [0, 0.05) is 17.9 Å². The first kappa shape index (κ1) is 19.9. The van der Waals surface area contributed by atoms with E-state index >= 15 is 0 Å². The Morgan fingerprint density at radius 3 is 2.39 bits per heavy atom. The van der Waals surface area contributed by atoms with Gasteiger partial charge in [0.2, 0.25) is 0 Å². The third kappa shape index (κ3) is 5.55. The Hall–Kier alpha value is -2.89. The molecule has 1 saturated carbocycles. The highest BCUT2D eigenvalue weighted by Crippen LogP contribution is 2.20. The van der Waals surface area contributed by atoms with Crippen molar-refractivity contribution < 1.29 is 14.3 Å². The van der Waals surface area contributed by atoms with E-state index in [1.807, 2.05) is 0 Å². The van der Waals surface area contributed by atoms with Crippen molar-refractivity contribution in [1.82, 2.24) is 10.3 Å². The molecule has 6 heteroatoms. The third-order valence-corrected chi connectivity index (χ3v) is 4.88. The molecule has 148 valence electrons. The number of hydrogen-bond donors (Lipinski definition) is 2. The molecule has 0 radical (unpaired) electrons. The smallest absolute Gasteiger partial charge is 0.338 e. The van der Waals surface area contributed by atoms with Gasteiger partial charge >= 0.3 is 5.97 Å². The Kier molecular flexibility index (Phi) is 7.00. The third-order valence-electron chi connectivity index (χ3n) is 4.88. The number of carbonyl (C=O) groups is 2. The van der Waals surface area contributed by atoms with Crippen LogP contribution in [0.3, 0.4) is 0 Å². The molecule has 0 unspecified atom stereocenters. The average molecular weight is 381 g/mol. The lowest BCUT2D eigenvalue weighted by Crippen LogP contribution is -2.34. The lowest BCUT2D eigenvalue weighted by molar-refractivity contribution is 0.0526. The molecular formula is C22H27N3O3. The summed E-state index contributed by atoms with van der Waals surface area (Å²) in [5, 5.41) is 6.36. The van der Waals surface area contributed by atoms with Crippen LogP contribution in [0.5, 0.6) is 0 Å². The van der Waals surface area contributed by atoms with Gasteiger partial charge in [-0.25, -0.2) is 4.79 Å². The van der Waals surface area contributed by atoms with Crippen LogP contribution in [0.1, 0.15) is 66.2 Å². The average Bonchev–Trinajstić information content (AvgIpc) is 2.97. The van der Waals surface area contributed by atoms with E-state index in [1.54, 1.807) is 49.6 Å². The molecule has 0 atom stereocenters. The zero-order valence-electron chi connectivity index (χ0n) is 16.2. The van der Waals surface area contributed by atoms with Crippen LogP contribution < -0.4 is 10.6 Å². The number of carbonyl (C=O) groups excluding carboxylic acids is 2. The molecule has 2 aromatic rings. The second-order valence-electron chi connectivity index (χ2n) is 7.05. The van der Waals surface area contributed by atoms with Crippen molar-refractivity contribution in [2.24, 2.45) is 0 Å². The molecule has 28 heavy (non-hydrogen) atoms. The summed E-state index contributed by atoms with van der Waals surface area (Å²) in [6.07, 6.45) is 10.2. The molecule has 0 saturated heterocycles. The van der Waals surface area contributed by atoms with Gasteiger partial charge in [0.05, 0.1) is 29.6 Å². The summed E-state index contributed by atoms with van der Waals surface area (Å²) >= 11 is 0. The van der Waals surface area contributed by atoms with E-state index in [1.165, 1.54) is 25.7 Å². The Morgan fingerprint density at radius 2 is 1.71 bits per heavy atom. The van der Waals surface area contributed by atoms with Crippen molar-refractivity contribution in [2.45, 2.75) is 51.5 Å². The highest BCUT2D eigenvalue weighted by Gasteiger charge is 2.16. The minimum atomic E-state index is -0.340. The lowest BCUT2D eigenvalue weighted by Gasteiger charge is -2.16. The van der Waals surface area contributed by atoms with Crippen LogP contribution in [-0.4, -0.2) is 29.5 Å². The maximum atomic E-state index is 12.6. The van der Waals surface area contributed by atoms with E-state index in [4.69, 9.17) is 4.74 Å². The minimum Gasteiger partial charge on any atom is -0.462 e. The SMILES string of the molecule is CCOC(=O)c1ccc(Nc2cncc(C(=O)NC3CCCCCC3)c2)cc1. The molecule has 1 aromatic carbocycles. The van der Waals surface area contributed by atoms with Crippen LogP contribution in [0.25, 0.3) is 0 Å². The molecule has 0 bridgehead atoms. The van der Waals surface area contributed by atoms with Crippen molar-refractivity contribution in [3.05, 3.63) is 53.9 Å². The summed E-state index contributed by atoms with van der Waals surface area (Å²) in [7, 11) is 0. The number of amides is 1. The van der Waals surface area contributed by atoms with Gasteiger partial charge in [0.15, 0.2) is 0 Å². The van der Waals surface area contributed by atoms with Gasteiger partial charge in [0.25, 0.3) is 5.91 Å². The van der Waals surface area contributed by atoms with Crippen LogP contribution in [0.4, 0.5) is 11.4 Å². The Balaban J connectivity index is 1.62. The predicted octanol–water partition coefficient (Wildman–Crippen LogP) is 4.45. The number of benzene rings is 1. The first-order valence-corrected chi connectivity index (χ1v) is 9.96. The van der Waals surface area contributed by atoms with E-state index in [-0.39, 0.29) is 17.9 Å². The van der Waals surface area contributed by atoms with Crippen LogP contribution in [0.15, 0.2) is 42.7 Å². The van der Waals surface area contributed by atoms with Gasteiger partial charge in [0.1, 0.15) is 0 Å². The normalized spacial score (nSPS) is 14.8. The van der Waals surface area contributed by atoms with Crippen molar-refractivity contribution >= 4 is 23.3 Å². The molecule has 1 aliphatic carbocycles. The summed E-state index contributed by atoms with van der Waals surface area (Å²) in [5.74, 6) is -0.423. The topological polar surface area (TPSA) is 80.3 Å². The quantitative estimate of drug-likeness (QED) is 0.571. The zero-order valence-corrected chi connectivity index (χ0v) is 16.2. The fourth-order valence-corrected chi connectivity index (χ4v) is 3.40. The fourth-order valence-electron chi connectivity index (χ4n) is 3.40. The van der Waals surface area contributed by atoms with Crippen molar-refractivity contribution in [1.29, 1.82) is 0 Å². The molecule has 3 rings (SSSR count). The summed E-state index contributed by atoms with van der Waals surface area (Å²) in [5.41, 5.74) is 2.56. The molecule has 1 aliphatic rings. The summed E-state index contributed by atoms with van der Waals surface area (Å²) in [4.78, 5) is 28.5. The van der Waals surface area contributed by atoms with Crippen LogP contribution in [0, 0.1) is 0 Å². The maximum absolute atomic E-state index is 12.6. The van der Waals surface area contributed by atoms with E-state index in [9.17, 15) is 9.59 Å². The second-order valence-corrected chi connectivity index (χ2v) is 7.05. The number of nitrogens with zero attached hydrogens (tertiary/aromatic N) is 1. The Morgan fingerprint density at radius 1 is 1.00 bits per heavy atom. The molecule has 0 spiro atoms. The Labute approximate surface area is 165 Å². The van der Waals surface area contributed by atoms with Gasteiger partial charge in [-0.2, -0.15) is 0 Å². The summed E-state index contributed by atoms with van der Waals surface area (Å²) in [6, 6.07) is 9.04. The molecule has 6 nitrogen and oxygen atoms in total. The maximum Gasteiger partial charge on any atom is 0.338 e. The zero-order chi connectivity index (χ0) is 19.8. The molecule has 1 amide bonds. The number of pyridine rings is 1. The van der Waals surface area contributed by atoms with Crippen LogP contribution in [0.2, 0.25) is 0 Å². The molecule has 0 aliphatic heterocycles. The number of anilines is 2. The van der Waals surface area contributed by atoms with E-state index in [0.29, 0.717) is 17.7 Å². The molecule has 1 fully saturated rings. The number of ether oxygens (including phenoxy) is 1. The number of aromatic nitrogens is 1. The van der Waals surface area contributed by atoms with E-state index in [2.05, 4.69) is 15.6 Å². The van der Waals surface area contributed by atoms with E-state index in [0.717, 1.165) is 24.2 Å².